The molecule has 5 rings (SSSR count). The molecule has 9 heteroatoms. The van der Waals surface area contributed by atoms with Crippen molar-refractivity contribution < 1.29 is 31.8 Å². The molecule has 1 aliphatic heterocycles. The number of benzene rings is 3. The summed E-state index contributed by atoms with van der Waals surface area (Å²) in [6.45, 7) is 1.04. The lowest BCUT2D eigenvalue weighted by Crippen LogP contribution is -2.32. The summed E-state index contributed by atoms with van der Waals surface area (Å²) in [6.07, 6.45) is -4.92. The van der Waals surface area contributed by atoms with Gasteiger partial charge in [0.05, 0.1) is 30.7 Å². The van der Waals surface area contributed by atoms with E-state index in [9.17, 15) is 18.0 Å². The first-order chi connectivity index (χ1) is 17.3. The van der Waals surface area contributed by atoms with Gasteiger partial charge in [0.15, 0.2) is 11.5 Å². The van der Waals surface area contributed by atoms with Crippen molar-refractivity contribution in [3.8, 4) is 28.4 Å². The summed E-state index contributed by atoms with van der Waals surface area (Å²) < 4.78 is 64.4. The quantitative estimate of drug-likeness (QED) is 0.345. The molecule has 0 fully saturated rings. The third kappa shape index (κ3) is 4.26. The molecular formula is C27H22F3NO5. The molecule has 0 saturated heterocycles. The van der Waals surface area contributed by atoms with Gasteiger partial charge in [-0.05, 0) is 35.4 Å². The number of nitrogens with zero attached hydrogens (tertiary/aromatic N) is 1. The molecule has 6 nitrogen and oxygen atoms in total. The van der Waals surface area contributed by atoms with Crippen molar-refractivity contribution in [3.63, 3.8) is 0 Å². The van der Waals surface area contributed by atoms with Gasteiger partial charge < -0.3 is 18.6 Å². The van der Waals surface area contributed by atoms with Crippen LogP contribution in [0.1, 0.15) is 16.9 Å². The van der Waals surface area contributed by atoms with Crippen LogP contribution in [0, 0.1) is 0 Å². The Morgan fingerprint density at radius 2 is 1.72 bits per heavy atom. The molecule has 0 unspecified atom stereocenters. The van der Waals surface area contributed by atoms with Crippen LogP contribution in [0.5, 0.6) is 17.2 Å². The van der Waals surface area contributed by atoms with Crippen molar-refractivity contribution in [1.29, 1.82) is 0 Å². The number of fused-ring (bicyclic) bond motifs is 3. The predicted octanol–water partition coefficient (Wildman–Crippen LogP) is 5.85. The highest BCUT2D eigenvalue weighted by molar-refractivity contribution is 5.87. The van der Waals surface area contributed by atoms with Gasteiger partial charge in [-0.2, -0.15) is 13.2 Å². The van der Waals surface area contributed by atoms with Gasteiger partial charge in [0.1, 0.15) is 18.1 Å². The predicted molar refractivity (Wildman–Crippen MR) is 127 cm³/mol. The molecule has 0 N–H and O–H groups in total. The van der Waals surface area contributed by atoms with Gasteiger partial charge >= 0.3 is 6.18 Å². The molecule has 1 aromatic heterocycles. The number of alkyl halides is 3. The maximum atomic E-state index is 14.2. The minimum atomic E-state index is -4.92. The third-order valence-electron chi connectivity index (χ3n) is 6.08. The molecular weight excluding hydrogens is 475 g/mol. The molecule has 0 radical (unpaired) electrons. The second-order valence-electron chi connectivity index (χ2n) is 8.37. The first-order valence-corrected chi connectivity index (χ1v) is 11.1. The normalized spacial score (nSPS) is 13.8. The lowest BCUT2D eigenvalue weighted by Gasteiger charge is -2.29. The first-order valence-electron chi connectivity index (χ1n) is 11.1. The molecule has 0 spiro atoms. The molecule has 0 atom stereocenters. The monoisotopic (exact) mass is 497 g/mol. The second-order valence-corrected chi connectivity index (χ2v) is 8.37. The highest BCUT2D eigenvalue weighted by Crippen LogP contribution is 2.41. The molecule has 0 aliphatic carbocycles. The van der Waals surface area contributed by atoms with Crippen molar-refractivity contribution >= 4 is 11.0 Å². The Kier molecular flexibility index (Phi) is 6.09. The van der Waals surface area contributed by atoms with Crippen LogP contribution in [0.3, 0.4) is 0 Å². The Hall–Kier alpha value is -3.98. The molecule has 4 aromatic rings. The fourth-order valence-corrected chi connectivity index (χ4v) is 4.41. The van der Waals surface area contributed by atoms with E-state index in [0.29, 0.717) is 23.6 Å². The first kappa shape index (κ1) is 23.7. The minimum absolute atomic E-state index is 0.00954. The van der Waals surface area contributed by atoms with Gasteiger partial charge in [0.25, 0.3) is 0 Å². The van der Waals surface area contributed by atoms with E-state index in [2.05, 4.69) is 0 Å². The molecule has 0 bridgehead atoms. The van der Waals surface area contributed by atoms with Crippen LogP contribution in [0.25, 0.3) is 22.1 Å². The van der Waals surface area contributed by atoms with E-state index >= 15 is 0 Å². The standard InChI is InChI=1S/C27H22F3NO5/c1-33-21-10-8-17(12-22(21)34-2)23-24(32)18-9-11-20-19(25(18)36-26(23)27(28,29)30)14-31(15-35-20)13-16-6-4-3-5-7-16/h3-12H,13-15H2,1-2H3. The largest absolute Gasteiger partial charge is 0.493 e. The maximum absolute atomic E-state index is 14.2. The maximum Gasteiger partial charge on any atom is 0.450 e. The van der Waals surface area contributed by atoms with Gasteiger partial charge in [-0.1, -0.05) is 36.4 Å². The number of ether oxygens (including phenoxy) is 3. The average Bonchev–Trinajstić information content (AvgIpc) is 2.88. The fourth-order valence-electron chi connectivity index (χ4n) is 4.41. The minimum Gasteiger partial charge on any atom is -0.493 e. The van der Waals surface area contributed by atoms with Gasteiger partial charge in [0.2, 0.25) is 11.2 Å². The Morgan fingerprint density at radius 1 is 0.972 bits per heavy atom. The van der Waals surface area contributed by atoms with Crippen molar-refractivity contribution in [3.05, 3.63) is 87.8 Å². The van der Waals surface area contributed by atoms with E-state index < -0.39 is 22.9 Å². The summed E-state index contributed by atoms with van der Waals surface area (Å²) in [6, 6.07) is 16.8. The number of halogens is 3. The van der Waals surface area contributed by atoms with Crippen LogP contribution in [0.2, 0.25) is 0 Å². The summed E-state index contributed by atoms with van der Waals surface area (Å²) in [5.41, 5.74) is -0.0798. The van der Waals surface area contributed by atoms with E-state index in [0.717, 1.165) is 5.56 Å². The number of hydrogen-bond acceptors (Lipinski definition) is 6. The van der Waals surface area contributed by atoms with Crippen LogP contribution in [-0.4, -0.2) is 25.9 Å². The molecule has 3 aromatic carbocycles. The Labute approximate surface area is 204 Å². The lowest BCUT2D eigenvalue weighted by molar-refractivity contribution is -0.152. The highest BCUT2D eigenvalue weighted by atomic mass is 19.4. The number of hydrogen-bond donors (Lipinski definition) is 0. The fraction of sp³-hybridized carbons (Fsp3) is 0.222. The van der Waals surface area contributed by atoms with Crippen molar-refractivity contribution in [2.45, 2.75) is 19.3 Å². The molecule has 1 aliphatic rings. The van der Waals surface area contributed by atoms with Crippen molar-refractivity contribution in [2.75, 3.05) is 21.0 Å². The molecule has 0 saturated carbocycles. The number of rotatable bonds is 5. The number of methoxy groups -OCH3 is 2. The summed E-state index contributed by atoms with van der Waals surface area (Å²) >= 11 is 0. The van der Waals surface area contributed by atoms with Gasteiger partial charge in [-0.25, -0.2) is 0 Å². The highest BCUT2D eigenvalue weighted by Gasteiger charge is 2.40. The average molecular weight is 497 g/mol. The van der Waals surface area contributed by atoms with E-state index in [1.807, 2.05) is 35.2 Å². The Balaban J connectivity index is 1.67. The van der Waals surface area contributed by atoms with Crippen LogP contribution >= 0.6 is 0 Å². The summed E-state index contributed by atoms with van der Waals surface area (Å²) in [4.78, 5) is 15.4. The van der Waals surface area contributed by atoms with Gasteiger partial charge in [-0.3, -0.25) is 9.69 Å². The Morgan fingerprint density at radius 3 is 2.42 bits per heavy atom. The van der Waals surface area contributed by atoms with Crippen molar-refractivity contribution in [2.24, 2.45) is 0 Å². The summed E-state index contributed by atoms with van der Waals surface area (Å²) in [7, 11) is 2.78. The molecule has 0 amide bonds. The summed E-state index contributed by atoms with van der Waals surface area (Å²) in [5, 5.41) is 0.0386. The topological polar surface area (TPSA) is 61.1 Å². The van der Waals surface area contributed by atoms with Gasteiger partial charge in [-0.15, -0.1) is 0 Å². The zero-order chi connectivity index (χ0) is 25.4. The summed E-state index contributed by atoms with van der Waals surface area (Å²) in [5.74, 6) is -0.467. The van der Waals surface area contributed by atoms with E-state index in [1.54, 1.807) is 6.07 Å². The van der Waals surface area contributed by atoms with E-state index in [4.69, 9.17) is 18.6 Å². The third-order valence-corrected chi connectivity index (χ3v) is 6.08. The SMILES string of the molecule is COc1ccc(-c2c(C(F)(F)F)oc3c4c(ccc3c2=O)OCN(Cc2ccccc2)C4)cc1OC. The zero-order valence-corrected chi connectivity index (χ0v) is 19.5. The smallest absolute Gasteiger partial charge is 0.450 e. The van der Waals surface area contributed by atoms with Gasteiger partial charge in [0, 0.05) is 13.1 Å². The van der Waals surface area contributed by atoms with E-state index in [-0.39, 0.29) is 35.6 Å². The Bertz CT molecular complexity index is 1480. The second kappa shape index (κ2) is 9.23. The lowest BCUT2D eigenvalue weighted by atomic mass is 9.99. The zero-order valence-electron chi connectivity index (χ0n) is 19.5. The molecule has 36 heavy (non-hydrogen) atoms. The van der Waals surface area contributed by atoms with Crippen LogP contribution < -0.4 is 19.6 Å². The van der Waals surface area contributed by atoms with E-state index in [1.165, 1.54) is 38.5 Å². The molecule has 186 valence electrons. The van der Waals surface area contributed by atoms with Crippen LogP contribution in [0.4, 0.5) is 13.2 Å². The molecule has 2 heterocycles. The van der Waals surface area contributed by atoms with Crippen molar-refractivity contribution in [1.82, 2.24) is 4.90 Å². The van der Waals surface area contributed by atoms with Crippen LogP contribution in [0.15, 0.2) is 69.9 Å². The van der Waals surface area contributed by atoms with Crippen LogP contribution in [-0.2, 0) is 19.3 Å².